The van der Waals surface area contributed by atoms with Crippen molar-refractivity contribution in [3.8, 4) is 0 Å². The molecule has 2 aromatic rings. The maximum atomic E-state index is 12.5. The van der Waals surface area contributed by atoms with Crippen LogP contribution in [0, 0.1) is 12.3 Å². The van der Waals surface area contributed by atoms with Crippen molar-refractivity contribution in [1.29, 1.82) is 0 Å². The van der Waals surface area contributed by atoms with Crippen molar-refractivity contribution in [2.45, 2.75) is 40.2 Å². The molecule has 0 saturated carbocycles. The Labute approximate surface area is 141 Å². The smallest absolute Gasteiger partial charge is 0.261 e. The zero-order valence-electron chi connectivity index (χ0n) is 14.5. The summed E-state index contributed by atoms with van der Waals surface area (Å²) >= 11 is 0. The number of rotatable bonds is 7. The summed E-state index contributed by atoms with van der Waals surface area (Å²) in [5.41, 5.74) is 1.38. The number of benzene rings is 1. The zero-order valence-corrected chi connectivity index (χ0v) is 14.5. The Morgan fingerprint density at radius 2 is 2.12 bits per heavy atom. The quantitative estimate of drug-likeness (QED) is 0.807. The third kappa shape index (κ3) is 4.41. The average Bonchev–Trinajstić information content (AvgIpc) is 2.53. The summed E-state index contributed by atoms with van der Waals surface area (Å²) in [6.45, 7) is 6.78. The van der Waals surface area contributed by atoms with E-state index in [2.05, 4.69) is 10.3 Å². The van der Waals surface area contributed by atoms with Gasteiger partial charge in [-0.3, -0.25) is 14.2 Å². The maximum absolute atomic E-state index is 12.5. The van der Waals surface area contributed by atoms with Gasteiger partial charge in [0.1, 0.15) is 0 Å². The van der Waals surface area contributed by atoms with Gasteiger partial charge in [-0.15, -0.1) is 0 Å². The number of aromatic nitrogens is 2. The lowest BCUT2D eigenvalue weighted by atomic mass is 9.90. The van der Waals surface area contributed by atoms with Crippen LogP contribution >= 0.6 is 0 Å². The average molecular weight is 331 g/mol. The van der Waals surface area contributed by atoms with E-state index in [1.807, 2.05) is 32.9 Å². The molecule has 0 aliphatic rings. The van der Waals surface area contributed by atoms with Crippen LogP contribution in [0.1, 0.15) is 32.3 Å². The van der Waals surface area contributed by atoms with E-state index in [0.29, 0.717) is 30.4 Å². The number of hydrogen-bond acceptors (Lipinski definition) is 4. The van der Waals surface area contributed by atoms with Gasteiger partial charge in [0.2, 0.25) is 5.91 Å². The molecule has 0 aliphatic heterocycles. The summed E-state index contributed by atoms with van der Waals surface area (Å²) in [4.78, 5) is 28.8. The first-order chi connectivity index (χ1) is 11.3. The van der Waals surface area contributed by atoms with Gasteiger partial charge < -0.3 is 10.4 Å². The highest BCUT2D eigenvalue weighted by Crippen LogP contribution is 2.18. The lowest BCUT2D eigenvalue weighted by molar-refractivity contribution is -0.121. The Morgan fingerprint density at radius 1 is 1.38 bits per heavy atom. The Kier molecular flexibility index (Phi) is 5.72. The Morgan fingerprint density at radius 3 is 2.83 bits per heavy atom. The van der Waals surface area contributed by atoms with E-state index in [9.17, 15) is 9.59 Å². The topological polar surface area (TPSA) is 84.2 Å². The number of amides is 1. The summed E-state index contributed by atoms with van der Waals surface area (Å²) in [5, 5.41) is 12.4. The SMILES string of the molecule is Cc1cccc2c(=O)n(CCC(=O)NCC(C)(C)CCO)cnc12. The monoisotopic (exact) mass is 331 g/mol. The molecule has 2 N–H and O–H groups in total. The van der Waals surface area contributed by atoms with E-state index in [0.717, 1.165) is 5.56 Å². The lowest BCUT2D eigenvalue weighted by Gasteiger charge is -2.23. The van der Waals surface area contributed by atoms with Gasteiger partial charge in [0, 0.05) is 26.1 Å². The molecule has 1 heterocycles. The molecular weight excluding hydrogens is 306 g/mol. The minimum absolute atomic E-state index is 0.0977. The predicted molar refractivity (Wildman–Crippen MR) is 93.9 cm³/mol. The van der Waals surface area contributed by atoms with Gasteiger partial charge in [-0.1, -0.05) is 26.0 Å². The molecule has 1 amide bonds. The van der Waals surface area contributed by atoms with E-state index >= 15 is 0 Å². The van der Waals surface area contributed by atoms with E-state index < -0.39 is 0 Å². The number of carbonyl (C=O) groups excluding carboxylic acids is 1. The number of para-hydroxylation sites is 1. The van der Waals surface area contributed by atoms with Gasteiger partial charge >= 0.3 is 0 Å². The van der Waals surface area contributed by atoms with Crippen LogP contribution in [0.25, 0.3) is 10.9 Å². The van der Waals surface area contributed by atoms with Gasteiger partial charge in [0.25, 0.3) is 5.56 Å². The molecule has 1 aromatic carbocycles. The van der Waals surface area contributed by atoms with E-state index in [1.54, 1.807) is 6.07 Å². The molecule has 0 aliphatic carbocycles. The van der Waals surface area contributed by atoms with Crippen LogP contribution in [-0.2, 0) is 11.3 Å². The van der Waals surface area contributed by atoms with Crippen molar-refractivity contribution in [3.63, 3.8) is 0 Å². The lowest BCUT2D eigenvalue weighted by Crippen LogP contribution is -2.35. The minimum atomic E-state index is -0.150. The molecule has 0 bridgehead atoms. The van der Waals surface area contributed by atoms with Gasteiger partial charge in [0.15, 0.2) is 0 Å². The zero-order chi connectivity index (χ0) is 17.7. The van der Waals surface area contributed by atoms with Crippen molar-refractivity contribution >= 4 is 16.8 Å². The van der Waals surface area contributed by atoms with Crippen LogP contribution in [0.15, 0.2) is 29.3 Å². The molecule has 0 atom stereocenters. The summed E-state index contributed by atoms with van der Waals surface area (Å²) in [6, 6.07) is 5.51. The molecule has 0 spiro atoms. The highest BCUT2D eigenvalue weighted by molar-refractivity contribution is 5.80. The van der Waals surface area contributed by atoms with Crippen LogP contribution in [0.5, 0.6) is 0 Å². The van der Waals surface area contributed by atoms with E-state index in [1.165, 1.54) is 10.9 Å². The largest absolute Gasteiger partial charge is 0.396 e. The fourth-order valence-corrected chi connectivity index (χ4v) is 2.54. The molecule has 24 heavy (non-hydrogen) atoms. The molecule has 130 valence electrons. The number of aryl methyl sites for hydroxylation is 2. The molecule has 2 rings (SSSR count). The number of hydrogen-bond donors (Lipinski definition) is 2. The standard InChI is InChI=1S/C18H25N3O3/c1-13-5-4-6-14-16(13)20-12-21(17(14)24)9-7-15(23)19-11-18(2,3)8-10-22/h4-6,12,22H,7-11H2,1-3H3,(H,19,23). The predicted octanol–water partition coefficient (Wildman–Crippen LogP) is 1.62. The van der Waals surface area contributed by atoms with Crippen LogP contribution in [0.3, 0.4) is 0 Å². The molecule has 6 nitrogen and oxygen atoms in total. The summed E-state index contributed by atoms with van der Waals surface area (Å²) in [6.07, 6.45) is 2.34. The Balaban J connectivity index is 2.00. The molecule has 0 saturated heterocycles. The van der Waals surface area contributed by atoms with Gasteiger partial charge in [0.05, 0.1) is 17.2 Å². The fourth-order valence-electron chi connectivity index (χ4n) is 2.54. The first-order valence-corrected chi connectivity index (χ1v) is 8.16. The molecule has 0 unspecified atom stereocenters. The van der Waals surface area contributed by atoms with Crippen molar-refractivity contribution < 1.29 is 9.90 Å². The Bertz CT molecular complexity index is 781. The highest BCUT2D eigenvalue weighted by atomic mass is 16.3. The third-order valence-corrected chi connectivity index (χ3v) is 4.19. The van der Waals surface area contributed by atoms with E-state index in [4.69, 9.17) is 5.11 Å². The van der Waals surface area contributed by atoms with Crippen molar-refractivity contribution in [1.82, 2.24) is 14.9 Å². The van der Waals surface area contributed by atoms with Crippen LogP contribution in [-0.4, -0.2) is 33.7 Å². The second kappa shape index (κ2) is 7.57. The first kappa shape index (κ1) is 18.1. The van der Waals surface area contributed by atoms with Crippen LogP contribution in [0.4, 0.5) is 0 Å². The molecular formula is C18H25N3O3. The Hall–Kier alpha value is -2.21. The summed E-state index contributed by atoms with van der Waals surface area (Å²) < 4.78 is 1.47. The van der Waals surface area contributed by atoms with Gasteiger partial charge in [-0.25, -0.2) is 4.98 Å². The normalized spacial score (nSPS) is 11.7. The number of nitrogens with zero attached hydrogens (tertiary/aromatic N) is 2. The fraction of sp³-hybridized carbons (Fsp3) is 0.500. The highest BCUT2D eigenvalue weighted by Gasteiger charge is 2.18. The second-order valence-electron chi connectivity index (χ2n) is 6.88. The first-order valence-electron chi connectivity index (χ1n) is 8.16. The van der Waals surface area contributed by atoms with Crippen molar-refractivity contribution in [2.24, 2.45) is 5.41 Å². The number of nitrogens with one attached hydrogen (secondary N) is 1. The number of aliphatic hydroxyl groups excluding tert-OH is 1. The van der Waals surface area contributed by atoms with Crippen molar-refractivity contribution in [3.05, 3.63) is 40.4 Å². The van der Waals surface area contributed by atoms with Crippen molar-refractivity contribution in [2.75, 3.05) is 13.2 Å². The van der Waals surface area contributed by atoms with Gasteiger partial charge in [-0.2, -0.15) is 0 Å². The second-order valence-corrected chi connectivity index (χ2v) is 6.88. The minimum Gasteiger partial charge on any atom is -0.396 e. The van der Waals surface area contributed by atoms with Gasteiger partial charge in [-0.05, 0) is 30.4 Å². The van der Waals surface area contributed by atoms with E-state index in [-0.39, 0.29) is 29.9 Å². The molecule has 0 radical (unpaired) electrons. The number of aliphatic hydroxyl groups is 1. The number of carbonyl (C=O) groups is 1. The molecule has 1 aromatic heterocycles. The number of fused-ring (bicyclic) bond motifs is 1. The van der Waals surface area contributed by atoms with Crippen LogP contribution < -0.4 is 10.9 Å². The van der Waals surface area contributed by atoms with Crippen LogP contribution in [0.2, 0.25) is 0 Å². The third-order valence-electron chi connectivity index (χ3n) is 4.19. The summed E-state index contributed by atoms with van der Waals surface area (Å²) in [7, 11) is 0. The maximum Gasteiger partial charge on any atom is 0.261 e. The summed E-state index contributed by atoms with van der Waals surface area (Å²) in [5.74, 6) is -0.114. The molecule has 0 fully saturated rings. The molecule has 6 heteroatoms.